The van der Waals surface area contributed by atoms with Gasteiger partial charge in [0.2, 0.25) is 0 Å². The van der Waals surface area contributed by atoms with Crippen LogP contribution in [0.3, 0.4) is 0 Å². The predicted octanol–water partition coefficient (Wildman–Crippen LogP) is 2.61. The van der Waals surface area contributed by atoms with Crippen LogP contribution in [0.15, 0.2) is 18.2 Å². The van der Waals surface area contributed by atoms with Crippen molar-refractivity contribution in [2.45, 2.75) is 45.8 Å². The van der Waals surface area contributed by atoms with Crippen molar-refractivity contribution in [3.8, 4) is 11.5 Å². The Bertz CT molecular complexity index is 579. The number of amides is 1. The Morgan fingerprint density at radius 2 is 1.92 bits per heavy atom. The number of carboxylic acids is 1. The maximum absolute atomic E-state index is 11.8. The van der Waals surface area contributed by atoms with Gasteiger partial charge in [0.15, 0.2) is 11.5 Å². The van der Waals surface area contributed by atoms with Crippen LogP contribution < -0.4 is 14.8 Å². The Kier molecular flexibility index (Phi) is 6.88. The van der Waals surface area contributed by atoms with Crippen molar-refractivity contribution < 1.29 is 28.9 Å². The van der Waals surface area contributed by atoms with E-state index in [2.05, 4.69) is 5.32 Å². The number of alkyl carbamates (subject to hydrolysis) is 1. The van der Waals surface area contributed by atoms with Gasteiger partial charge in [0, 0.05) is 6.42 Å². The monoisotopic (exact) mass is 339 g/mol. The molecule has 1 amide bonds. The van der Waals surface area contributed by atoms with Crippen LogP contribution in [-0.4, -0.2) is 42.5 Å². The van der Waals surface area contributed by atoms with Gasteiger partial charge in [0.25, 0.3) is 0 Å². The largest absolute Gasteiger partial charge is 0.493 e. The fraction of sp³-hybridized carbons (Fsp3) is 0.529. The quantitative estimate of drug-likeness (QED) is 0.793. The van der Waals surface area contributed by atoms with E-state index in [0.717, 1.165) is 0 Å². The van der Waals surface area contributed by atoms with E-state index in [0.29, 0.717) is 23.7 Å². The molecule has 0 heterocycles. The number of carbonyl (C=O) groups is 2. The average molecular weight is 339 g/mol. The van der Waals surface area contributed by atoms with E-state index in [4.69, 9.17) is 14.2 Å². The Labute approximate surface area is 141 Å². The molecule has 0 fully saturated rings. The third kappa shape index (κ3) is 6.36. The molecule has 134 valence electrons. The maximum atomic E-state index is 11.8. The number of hydrogen-bond donors (Lipinski definition) is 2. The van der Waals surface area contributed by atoms with Crippen molar-refractivity contribution in [1.29, 1.82) is 0 Å². The van der Waals surface area contributed by atoms with Crippen molar-refractivity contribution in [2.75, 3.05) is 13.7 Å². The second kappa shape index (κ2) is 8.42. The van der Waals surface area contributed by atoms with Gasteiger partial charge < -0.3 is 24.6 Å². The number of rotatable bonds is 7. The Hall–Kier alpha value is -2.44. The van der Waals surface area contributed by atoms with Crippen LogP contribution in [0.2, 0.25) is 0 Å². The number of benzene rings is 1. The molecule has 0 aliphatic heterocycles. The molecule has 7 heteroatoms. The summed E-state index contributed by atoms with van der Waals surface area (Å²) in [4.78, 5) is 23.2. The number of carboxylic acid groups (broad SMARTS) is 1. The minimum Gasteiger partial charge on any atom is -0.493 e. The summed E-state index contributed by atoms with van der Waals surface area (Å²) >= 11 is 0. The van der Waals surface area contributed by atoms with E-state index in [1.54, 1.807) is 39.0 Å². The van der Waals surface area contributed by atoms with Gasteiger partial charge in [-0.1, -0.05) is 6.07 Å². The number of hydrogen-bond acceptors (Lipinski definition) is 5. The third-order valence-corrected chi connectivity index (χ3v) is 2.96. The number of ether oxygens (including phenoxy) is 3. The summed E-state index contributed by atoms with van der Waals surface area (Å²) < 4.78 is 15.8. The van der Waals surface area contributed by atoms with Crippen molar-refractivity contribution >= 4 is 12.1 Å². The molecule has 1 aromatic rings. The van der Waals surface area contributed by atoms with Gasteiger partial charge in [-0.05, 0) is 45.4 Å². The first kappa shape index (κ1) is 19.6. The molecular weight excluding hydrogens is 314 g/mol. The van der Waals surface area contributed by atoms with Crippen LogP contribution in [0, 0.1) is 0 Å². The molecule has 7 nitrogen and oxygen atoms in total. The fourth-order valence-corrected chi connectivity index (χ4v) is 2.00. The van der Waals surface area contributed by atoms with Gasteiger partial charge in [-0.3, -0.25) is 0 Å². The lowest BCUT2D eigenvalue weighted by Gasteiger charge is -2.22. The molecule has 1 rings (SSSR count). The lowest BCUT2D eigenvalue weighted by Crippen LogP contribution is -2.44. The van der Waals surface area contributed by atoms with Gasteiger partial charge in [0.05, 0.1) is 13.7 Å². The van der Waals surface area contributed by atoms with Crippen LogP contribution in [-0.2, 0) is 16.0 Å². The minimum absolute atomic E-state index is 0.0959. The van der Waals surface area contributed by atoms with Gasteiger partial charge in [0.1, 0.15) is 11.6 Å². The zero-order valence-electron chi connectivity index (χ0n) is 14.7. The lowest BCUT2D eigenvalue weighted by molar-refractivity contribution is -0.139. The van der Waals surface area contributed by atoms with E-state index >= 15 is 0 Å². The summed E-state index contributed by atoms with van der Waals surface area (Å²) in [5, 5.41) is 11.7. The molecule has 1 aromatic carbocycles. The molecule has 0 radical (unpaired) electrons. The predicted molar refractivity (Wildman–Crippen MR) is 88.7 cm³/mol. The topological polar surface area (TPSA) is 94.1 Å². The van der Waals surface area contributed by atoms with E-state index in [1.165, 1.54) is 7.11 Å². The summed E-state index contributed by atoms with van der Waals surface area (Å²) in [5.74, 6) is -0.0545. The minimum atomic E-state index is -1.14. The second-order valence-corrected chi connectivity index (χ2v) is 6.16. The summed E-state index contributed by atoms with van der Waals surface area (Å²) in [5.41, 5.74) is -0.00207. The first-order chi connectivity index (χ1) is 11.2. The van der Waals surface area contributed by atoms with E-state index < -0.39 is 23.7 Å². The molecule has 24 heavy (non-hydrogen) atoms. The van der Waals surface area contributed by atoms with E-state index in [9.17, 15) is 14.7 Å². The van der Waals surface area contributed by atoms with Crippen molar-refractivity contribution in [3.63, 3.8) is 0 Å². The lowest BCUT2D eigenvalue weighted by atomic mass is 10.1. The van der Waals surface area contributed by atoms with Crippen LogP contribution in [0.1, 0.15) is 33.3 Å². The van der Waals surface area contributed by atoms with Crippen LogP contribution in [0.25, 0.3) is 0 Å². The molecule has 2 N–H and O–H groups in total. The third-order valence-electron chi connectivity index (χ3n) is 2.96. The van der Waals surface area contributed by atoms with Gasteiger partial charge >= 0.3 is 12.1 Å². The summed E-state index contributed by atoms with van der Waals surface area (Å²) in [6.07, 6.45) is -0.674. The standard InChI is InChI=1S/C17H25NO6/c1-6-23-14-10-11(7-8-13(14)22-5)9-12(15(19)20)18-16(21)24-17(2,3)4/h7-8,10,12H,6,9H2,1-5H3,(H,18,21)(H,19,20). The molecule has 1 atom stereocenters. The van der Waals surface area contributed by atoms with Crippen LogP contribution in [0.5, 0.6) is 11.5 Å². The molecule has 0 aliphatic carbocycles. The van der Waals surface area contributed by atoms with Crippen molar-refractivity contribution in [3.05, 3.63) is 23.8 Å². The van der Waals surface area contributed by atoms with Gasteiger partial charge in [-0.25, -0.2) is 9.59 Å². The van der Waals surface area contributed by atoms with Crippen LogP contribution in [0.4, 0.5) is 4.79 Å². The fourth-order valence-electron chi connectivity index (χ4n) is 2.00. The van der Waals surface area contributed by atoms with E-state index in [-0.39, 0.29) is 6.42 Å². The normalized spacial score (nSPS) is 12.2. The highest BCUT2D eigenvalue weighted by atomic mass is 16.6. The molecule has 0 bridgehead atoms. The molecule has 0 spiro atoms. The van der Waals surface area contributed by atoms with Crippen molar-refractivity contribution in [2.24, 2.45) is 0 Å². The smallest absolute Gasteiger partial charge is 0.408 e. The molecular formula is C17H25NO6. The number of nitrogens with one attached hydrogen (secondary N) is 1. The first-order valence-corrected chi connectivity index (χ1v) is 7.68. The molecule has 0 aliphatic rings. The maximum Gasteiger partial charge on any atom is 0.408 e. The van der Waals surface area contributed by atoms with Gasteiger partial charge in [-0.2, -0.15) is 0 Å². The Morgan fingerprint density at radius 1 is 1.25 bits per heavy atom. The highest BCUT2D eigenvalue weighted by Crippen LogP contribution is 2.28. The first-order valence-electron chi connectivity index (χ1n) is 7.68. The zero-order chi connectivity index (χ0) is 18.3. The number of carbonyl (C=O) groups excluding carboxylic acids is 1. The SMILES string of the molecule is CCOc1cc(CC(NC(=O)OC(C)(C)C)C(=O)O)ccc1OC. The molecule has 0 saturated carbocycles. The molecule has 0 aromatic heterocycles. The molecule has 0 saturated heterocycles. The Balaban J connectivity index is 2.87. The zero-order valence-corrected chi connectivity index (χ0v) is 14.7. The van der Waals surface area contributed by atoms with Gasteiger partial charge in [-0.15, -0.1) is 0 Å². The molecule has 1 unspecified atom stereocenters. The highest BCUT2D eigenvalue weighted by Gasteiger charge is 2.24. The Morgan fingerprint density at radius 3 is 2.42 bits per heavy atom. The average Bonchev–Trinajstić information content (AvgIpc) is 2.45. The highest BCUT2D eigenvalue weighted by molar-refractivity contribution is 5.80. The van der Waals surface area contributed by atoms with Crippen LogP contribution >= 0.6 is 0 Å². The van der Waals surface area contributed by atoms with Crippen molar-refractivity contribution in [1.82, 2.24) is 5.32 Å². The number of methoxy groups -OCH3 is 1. The van der Waals surface area contributed by atoms with E-state index in [1.807, 2.05) is 6.92 Å². The summed E-state index contributed by atoms with van der Waals surface area (Å²) in [7, 11) is 1.53. The second-order valence-electron chi connectivity index (χ2n) is 6.16. The summed E-state index contributed by atoms with van der Waals surface area (Å²) in [6, 6.07) is 4.03. The summed E-state index contributed by atoms with van der Waals surface area (Å²) in [6.45, 7) is 7.43. The number of aliphatic carboxylic acids is 1.